The Labute approximate surface area is 187 Å². The van der Waals surface area contributed by atoms with Crippen LogP contribution in [0, 0.1) is 0 Å². The molecule has 0 saturated heterocycles. The molecule has 0 radical (unpaired) electrons. The second-order valence-electron chi connectivity index (χ2n) is 7.20. The summed E-state index contributed by atoms with van der Waals surface area (Å²) in [5, 5.41) is 20.2. The largest absolute Gasteiger partial charge is 0.481 e. The van der Waals surface area contributed by atoms with Crippen molar-refractivity contribution in [2.75, 3.05) is 23.4 Å². The van der Waals surface area contributed by atoms with Crippen molar-refractivity contribution >= 4 is 46.5 Å². The van der Waals surface area contributed by atoms with E-state index < -0.39 is 23.9 Å². The lowest BCUT2D eigenvalue weighted by Gasteiger charge is -2.19. The van der Waals surface area contributed by atoms with Crippen LogP contribution in [-0.2, 0) is 16.1 Å². The first-order valence-electron chi connectivity index (χ1n) is 9.75. The van der Waals surface area contributed by atoms with E-state index in [4.69, 9.17) is 16.6 Å². The highest BCUT2D eigenvalue weighted by atomic mass is 16.4. The Kier molecular flexibility index (Phi) is 6.81. The van der Waals surface area contributed by atoms with Crippen molar-refractivity contribution in [1.29, 1.82) is 0 Å². The van der Waals surface area contributed by atoms with Crippen molar-refractivity contribution in [3.8, 4) is 0 Å². The van der Waals surface area contributed by atoms with E-state index in [1.165, 1.54) is 12.1 Å². The Balaban J connectivity index is 1.67. The number of benzene rings is 1. The van der Waals surface area contributed by atoms with Crippen LogP contribution in [0.2, 0.25) is 0 Å². The molecule has 0 bridgehead atoms. The molecule has 2 aromatic heterocycles. The molecule has 0 saturated carbocycles. The van der Waals surface area contributed by atoms with Crippen LogP contribution in [0.1, 0.15) is 28.9 Å². The van der Waals surface area contributed by atoms with Crippen LogP contribution in [0.5, 0.6) is 0 Å². The Morgan fingerprint density at radius 1 is 1.09 bits per heavy atom. The highest BCUT2D eigenvalue weighted by Gasteiger charge is 2.21. The second-order valence-corrected chi connectivity index (χ2v) is 7.20. The minimum absolute atomic E-state index is 0.00164. The summed E-state index contributed by atoms with van der Waals surface area (Å²) in [5.41, 5.74) is 13.6. The number of aromatic nitrogens is 4. The summed E-state index contributed by atoms with van der Waals surface area (Å²) in [4.78, 5) is 52.7. The van der Waals surface area contributed by atoms with Crippen LogP contribution in [0.3, 0.4) is 0 Å². The lowest BCUT2D eigenvalue weighted by molar-refractivity contribution is -0.140. The molecule has 2 heterocycles. The van der Waals surface area contributed by atoms with Gasteiger partial charge in [0.05, 0.1) is 18.4 Å². The van der Waals surface area contributed by atoms with Gasteiger partial charge in [0.2, 0.25) is 5.95 Å². The number of amides is 1. The van der Waals surface area contributed by atoms with Gasteiger partial charge in [-0.2, -0.15) is 9.97 Å². The molecule has 33 heavy (non-hydrogen) atoms. The summed E-state index contributed by atoms with van der Waals surface area (Å²) in [6, 6.07) is 5.16. The first-order chi connectivity index (χ1) is 15.6. The van der Waals surface area contributed by atoms with E-state index in [1.807, 2.05) is 11.9 Å². The third-order valence-corrected chi connectivity index (χ3v) is 4.72. The number of carboxylic acid groups (broad SMARTS) is 2. The zero-order valence-corrected chi connectivity index (χ0v) is 17.6. The molecule has 0 aliphatic rings. The van der Waals surface area contributed by atoms with Gasteiger partial charge >= 0.3 is 11.9 Å². The van der Waals surface area contributed by atoms with Gasteiger partial charge in [0.15, 0.2) is 11.5 Å². The number of aliphatic carboxylic acids is 2. The number of rotatable bonds is 9. The van der Waals surface area contributed by atoms with Gasteiger partial charge in [-0.1, -0.05) is 0 Å². The molecule has 1 amide bonds. The summed E-state index contributed by atoms with van der Waals surface area (Å²) < 4.78 is 0. The number of nitrogens with zero attached hydrogens (tertiary/aromatic N) is 5. The normalized spacial score (nSPS) is 11.7. The average molecular weight is 454 g/mol. The van der Waals surface area contributed by atoms with E-state index in [0.29, 0.717) is 17.8 Å². The van der Waals surface area contributed by atoms with Crippen LogP contribution in [0.25, 0.3) is 11.2 Å². The van der Waals surface area contributed by atoms with Gasteiger partial charge in [-0.15, -0.1) is 0 Å². The van der Waals surface area contributed by atoms with Crippen LogP contribution in [0.4, 0.5) is 17.5 Å². The molecule has 7 N–H and O–H groups in total. The van der Waals surface area contributed by atoms with Crippen LogP contribution < -0.4 is 21.7 Å². The van der Waals surface area contributed by atoms with Gasteiger partial charge in [-0.25, -0.2) is 14.8 Å². The molecular weight excluding hydrogens is 432 g/mol. The van der Waals surface area contributed by atoms with E-state index in [-0.39, 0.29) is 35.8 Å². The highest BCUT2D eigenvalue weighted by Crippen LogP contribution is 2.18. The fourth-order valence-corrected chi connectivity index (χ4v) is 3.03. The maximum atomic E-state index is 12.4. The molecule has 0 unspecified atom stereocenters. The SMILES string of the molecule is CN(Cc1cnc2c(N)nc(N)nc2n1)c1ccc(C(=O)N[C@H](CCC(=O)O)C(=O)O)cc1. The van der Waals surface area contributed by atoms with Crippen molar-refractivity contribution in [2.24, 2.45) is 0 Å². The van der Waals surface area contributed by atoms with Gasteiger partial charge in [0.25, 0.3) is 5.91 Å². The number of carbonyl (C=O) groups is 3. The lowest BCUT2D eigenvalue weighted by Crippen LogP contribution is -2.41. The number of hydrogen-bond donors (Lipinski definition) is 5. The topological polar surface area (TPSA) is 211 Å². The second kappa shape index (κ2) is 9.72. The number of carboxylic acids is 2. The first kappa shape index (κ1) is 23.1. The average Bonchev–Trinajstić information content (AvgIpc) is 2.75. The molecule has 1 aromatic carbocycles. The number of carbonyl (C=O) groups excluding carboxylic acids is 1. The third kappa shape index (κ3) is 5.78. The van der Waals surface area contributed by atoms with Gasteiger partial charge < -0.3 is 31.9 Å². The monoisotopic (exact) mass is 454 g/mol. The van der Waals surface area contributed by atoms with Gasteiger partial charge in [-0.3, -0.25) is 9.59 Å². The first-order valence-corrected chi connectivity index (χ1v) is 9.75. The number of nitrogens with one attached hydrogen (secondary N) is 1. The molecule has 0 fully saturated rings. The van der Waals surface area contributed by atoms with Crippen LogP contribution in [0.15, 0.2) is 30.5 Å². The van der Waals surface area contributed by atoms with Crippen molar-refractivity contribution in [2.45, 2.75) is 25.4 Å². The summed E-state index contributed by atoms with van der Waals surface area (Å²) >= 11 is 0. The molecule has 3 aromatic rings. The van der Waals surface area contributed by atoms with E-state index in [0.717, 1.165) is 5.69 Å². The van der Waals surface area contributed by atoms with E-state index >= 15 is 0 Å². The Hall–Kier alpha value is -4.55. The Bertz CT molecular complexity index is 1200. The number of fused-ring (bicyclic) bond motifs is 1. The molecule has 0 aliphatic carbocycles. The minimum Gasteiger partial charge on any atom is -0.481 e. The number of hydrogen-bond acceptors (Lipinski definition) is 10. The zero-order chi connectivity index (χ0) is 24.1. The predicted molar refractivity (Wildman–Crippen MR) is 118 cm³/mol. The molecule has 3 rings (SSSR count). The van der Waals surface area contributed by atoms with Crippen molar-refractivity contribution in [3.05, 3.63) is 41.7 Å². The number of nitrogens with two attached hydrogens (primary N) is 2. The number of anilines is 3. The van der Waals surface area contributed by atoms with Crippen molar-refractivity contribution in [1.82, 2.24) is 25.3 Å². The fraction of sp³-hybridized carbons (Fsp3) is 0.250. The molecule has 0 aliphatic heterocycles. The molecular formula is C20H22N8O5. The van der Waals surface area contributed by atoms with E-state index in [9.17, 15) is 19.5 Å². The lowest BCUT2D eigenvalue weighted by atomic mass is 10.1. The molecule has 172 valence electrons. The zero-order valence-electron chi connectivity index (χ0n) is 17.6. The van der Waals surface area contributed by atoms with Crippen molar-refractivity contribution in [3.63, 3.8) is 0 Å². The molecule has 13 nitrogen and oxygen atoms in total. The van der Waals surface area contributed by atoms with Crippen LogP contribution >= 0.6 is 0 Å². The Morgan fingerprint density at radius 2 is 1.79 bits per heavy atom. The minimum atomic E-state index is -1.30. The number of nitrogen functional groups attached to an aromatic ring is 2. The predicted octanol–water partition coefficient (Wildman–Crippen LogP) is 0.268. The quantitative estimate of drug-likeness (QED) is 0.295. The van der Waals surface area contributed by atoms with E-state index in [2.05, 4.69) is 25.3 Å². The fourth-order valence-electron chi connectivity index (χ4n) is 3.03. The van der Waals surface area contributed by atoms with Gasteiger partial charge in [0.1, 0.15) is 11.6 Å². The highest BCUT2D eigenvalue weighted by molar-refractivity contribution is 5.97. The Morgan fingerprint density at radius 3 is 2.42 bits per heavy atom. The van der Waals surface area contributed by atoms with Crippen molar-refractivity contribution < 1.29 is 24.6 Å². The summed E-state index contributed by atoms with van der Waals surface area (Å²) in [5.74, 6) is -2.91. The third-order valence-electron chi connectivity index (χ3n) is 4.72. The summed E-state index contributed by atoms with van der Waals surface area (Å²) in [6.07, 6.45) is 0.968. The standard InChI is InChI=1S/C20H22N8O5/c1-28(9-11-8-23-15-16(21)26-20(22)27-17(15)24-11)12-4-2-10(3-5-12)18(31)25-13(19(32)33)6-7-14(29)30/h2-5,8,13H,6-7,9H2,1H3,(H,25,31)(H,29,30)(H,32,33)(H4,21,22,24,26,27)/t13-/m1/s1. The molecule has 13 heteroatoms. The summed E-state index contributed by atoms with van der Waals surface area (Å²) in [7, 11) is 1.82. The molecule has 0 spiro atoms. The van der Waals surface area contributed by atoms with Crippen LogP contribution in [-0.4, -0.2) is 61.1 Å². The van der Waals surface area contributed by atoms with Gasteiger partial charge in [-0.05, 0) is 30.7 Å². The molecule has 1 atom stereocenters. The maximum absolute atomic E-state index is 12.4. The smallest absolute Gasteiger partial charge is 0.326 e. The van der Waals surface area contributed by atoms with E-state index in [1.54, 1.807) is 18.3 Å². The van der Waals surface area contributed by atoms with Gasteiger partial charge in [0, 0.05) is 24.7 Å². The summed E-state index contributed by atoms with van der Waals surface area (Å²) in [6.45, 7) is 0.370. The maximum Gasteiger partial charge on any atom is 0.326 e.